The minimum atomic E-state index is -0.213. The van der Waals surface area contributed by atoms with Crippen LogP contribution in [0.25, 0.3) is 0 Å². The number of hydrogen-bond acceptors (Lipinski definition) is 4. The molecule has 0 bridgehead atoms. The predicted molar refractivity (Wildman–Crippen MR) is 68.8 cm³/mol. The lowest BCUT2D eigenvalue weighted by Crippen LogP contribution is -2.51. The maximum Gasteiger partial charge on any atom is 0.240 e. The summed E-state index contributed by atoms with van der Waals surface area (Å²) in [5.74, 6) is -0.426. The molecule has 0 aliphatic carbocycles. The summed E-state index contributed by atoms with van der Waals surface area (Å²) in [6.07, 6.45) is 1.81. The monoisotopic (exact) mass is 247 g/mol. The van der Waals surface area contributed by atoms with Crippen molar-refractivity contribution in [3.63, 3.8) is 0 Å². The van der Waals surface area contributed by atoms with Gasteiger partial charge in [0.25, 0.3) is 0 Å². The number of piperazine rings is 1. The van der Waals surface area contributed by atoms with E-state index in [4.69, 9.17) is 5.73 Å². The summed E-state index contributed by atoms with van der Waals surface area (Å²) in [6.45, 7) is 1.36. The van der Waals surface area contributed by atoms with Gasteiger partial charge in [0, 0.05) is 5.69 Å². The van der Waals surface area contributed by atoms with Gasteiger partial charge >= 0.3 is 0 Å². The van der Waals surface area contributed by atoms with Gasteiger partial charge in [-0.1, -0.05) is 12.1 Å². The maximum absolute atomic E-state index is 11.2. The topological polar surface area (TPSA) is 75.4 Å². The van der Waals surface area contributed by atoms with E-state index in [0.29, 0.717) is 13.1 Å². The van der Waals surface area contributed by atoms with Crippen molar-refractivity contribution in [2.75, 3.05) is 25.4 Å². The molecular weight excluding hydrogens is 230 g/mol. The van der Waals surface area contributed by atoms with Gasteiger partial charge in [0.2, 0.25) is 11.8 Å². The van der Waals surface area contributed by atoms with Gasteiger partial charge in [0.05, 0.1) is 13.1 Å². The first-order valence-corrected chi connectivity index (χ1v) is 6.03. The number of aryl methyl sites for hydroxylation is 1. The third-order valence-corrected chi connectivity index (χ3v) is 2.90. The summed E-state index contributed by atoms with van der Waals surface area (Å²) in [4.78, 5) is 24.2. The van der Waals surface area contributed by atoms with E-state index in [0.717, 1.165) is 25.1 Å². The molecule has 5 nitrogen and oxygen atoms in total. The Hall–Kier alpha value is -1.88. The summed E-state index contributed by atoms with van der Waals surface area (Å²) in [6, 6.07) is 7.78. The van der Waals surface area contributed by atoms with Crippen LogP contribution < -0.4 is 11.1 Å². The van der Waals surface area contributed by atoms with Gasteiger partial charge in [-0.3, -0.25) is 19.8 Å². The number of nitrogens with zero attached hydrogens (tertiary/aromatic N) is 1. The second kappa shape index (κ2) is 5.64. The summed E-state index contributed by atoms with van der Waals surface area (Å²) >= 11 is 0. The predicted octanol–water partition coefficient (Wildman–Crippen LogP) is 0.160. The Bertz CT molecular complexity index is 443. The third-order valence-electron chi connectivity index (χ3n) is 2.90. The van der Waals surface area contributed by atoms with Gasteiger partial charge in [0.15, 0.2) is 0 Å². The summed E-state index contributed by atoms with van der Waals surface area (Å²) in [5, 5.41) is 2.29. The molecule has 0 spiro atoms. The van der Waals surface area contributed by atoms with Crippen molar-refractivity contribution in [3.05, 3.63) is 29.8 Å². The molecular formula is C13H17N3O2. The van der Waals surface area contributed by atoms with Gasteiger partial charge in [-0.2, -0.15) is 0 Å². The Kier molecular flexibility index (Phi) is 3.94. The molecule has 5 heteroatoms. The van der Waals surface area contributed by atoms with Crippen molar-refractivity contribution in [1.29, 1.82) is 0 Å². The minimum absolute atomic E-state index is 0.213. The Labute approximate surface area is 106 Å². The van der Waals surface area contributed by atoms with Crippen molar-refractivity contribution in [2.24, 2.45) is 0 Å². The SMILES string of the molecule is Nc1cccc(CCCN2CC(=O)NC(=O)C2)c1. The Morgan fingerprint density at radius 3 is 2.61 bits per heavy atom. The van der Waals surface area contributed by atoms with E-state index >= 15 is 0 Å². The summed E-state index contributed by atoms with van der Waals surface area (Å²) < 4.78 is 0. The standard InChI is InChI=1S/C13H17N3O2/c14-11-5-1-3-10(7-11)4-2-6-16-8-12(17)15-13(18)9-16/h1,3,5,7H,2,4,6,8-9,14H2,(H,15,17,18). The number of nitrogens with two attached hydrogens (primary N) is 1. The molecule has 96 valence electrons. The fourth-order valence-corrected chi connectivity index (χ4v) is 2.11. The number of hydrogen-bond donors (Lipinski definition) is 2. The molecule has 1 aliphatic heterocycles. The van der Waals surface area contributed by atoms with E-state index in [1.165, 1.54) is 5.56 Å². The molecule has 0 atom stereocenters. The van der Waals surface area contributed by atoms with E-state index in [1.807, 2.05) is 29.2 Å². The zero-order chi connectivity index (χ0) is 13.0. The van der Waals surface area contributed by atoms with Crippen LogP contribution in [0.1, 0.15) is 12.0 Å². The molecule has 0 unspecified atom stereocenters. The third kappa shape index (κ3) is 3.56. The molecule has 1 aromatic rings. The van der Waals surface area contributed by atoms with Crippen LogP contribution in [0.3, 0.4) is 0 Å². The van der Waals surface area contributed by atoms with E-state index in [9.17, 15) is 9.59 Å². The number of benzene rings is 1. The lowest BCUT2D eigenvalue weighted by atomic mass is 10.1. The van der Waals surface area contributed by atoms with Crippen molar-refractivity contribution in [2.45, 2.75) is 12.8 Å². The van der Waals surface area contributed by atoms with Crippen molar-refractivity contribution >= 4 is 17.5 Å². The normalized spacial score (nSPS) is 16.7. The highest BCUT2D eigenvalue weighted by atomic mass is 16.2. The van der Waals surface area contributed by atoms with E-state index in [-0.39, 0.29) is 11.8 Å². The summed E-state index contributed by atoms with van der Waals surface area (Å²) in [5.41, 5.74) is 7.65. The fraction of sp³-hybridized carbons (Fsp3) is 0.385. The van der Waals surface area contributed by atoms with Crippen LogP contribution >= 0.6 is 0 Å². The van der Waals surface area contributed by atoms with Crippen LogP contribution in [0.2, 0.25) is 0 Å². The average Bonchev–Trinajstić information content (AvgIpc) is 2.27. The van der Waals surface area contributed by atoms with Crippen molar-refractivity contribution in [1.82, 2.24) is 10.2 Å². The number of rotatable bonds is 4. The van der Waals surface area contributed by atoms with Crippen LogP contribution in [-0.2, 0) is 16.0 Å². The van der Waals surface area contributed by atoms with Gasteiger partial charge in [0.1, 0.15) is 0 Å². The molecule has 0 saturated carbocycles. The van der Waals surface area contributed by atoms with Crippen LogP contribution in [0, 0.1) is 0 Å². The van der Waals surface area contributed by atoms with Gasteiger partial charge in [-0.25, -0.2) is 0 Å². The highest BCUT2D eigenvalue weighted by Crippen LogP contribution is 2.09. The smallest absolute Gasteiger partial charge is 0.240 e. The van der Waals surface area contributed by atoms with Gasteiger partial charge in [-0.05, 0) is 37.1 Å². The zero-order valence-corrected chi connectivity index (χ0v) is 10.2. The molecule has 2 amide bonds. The summed E-state index contributed by atoms with van der Waals surface area (Å²) in [7, 11) is 0. The fourth-order valence-electron chi connectivity index (χ4n) is 2.11. The van der Waals surface area contributed by atoms with Crippen LogP contribution in [0.4, 0.5) is 5.69 Å². The van der Waals surface area contributed by atoms with Crippen molar-refractivity contribution in [3.8, 4) is 0 Å². The van der Waals surface area contributed by atoms with Crippen LogP contribution in [0.15, 0.2) is 24.3 Å². The van der Waals surface area contributed by atoms with E-state index in [1.54, 1.807) is 0 Å². The highest BCUT2D eigenvalue weighted by molar-refractivity contribution is 5.99. The van der Waals surface area contributed by atoms with E-state index in [2.05, 4.69) is 5.32 Å². The zero-order valence-electron chi connectivity index (χ0n) is 10.2. The number of carbonyl (C=O) groups excluding carboxylic acids is 2. The molecule has 3 N–H and O–H groups in total. The molecule has 2 rings (SSSR count). The number of nitrogen functional groups attached to an aromatic ring is 1. The molecule has 1 heterocycles. The lowest BCUT2D eigenvalue weighted by molar-refractivity contribution is -0.136. The molecule has 1 fully saturated rings. The molecule has 0 aromatic heterocycles. The van der Waals surface area contributed by atoms with E-state index < -0.39 is 0 Å². The largest absolute Gasteiger partial charge is 0.399 e. The molecule has 1 saturated heterocycles. The molecule has 0 radical (unpaired) electrons. The van der Waals surface area contributed by atoms with Crippen molar-refractivity contribution < 1.29 is 9.59 Å². The second-order valence-electron chi connectivity index (χ2n) is 4.53. The number of amides is 2. The maximum atomic E-state index is 11.2. The van der Waals surface area contributed by atoms with Crippen LogP contribution in [0.5, 0.6) is 0 Å². The van der Waals surface area contributed by atoms with Gasteiger partial charge in [-0.15, -0.1) is 0 Å². The number of carbonyl (C=O) groups is 2. The Morgan fingerprint density at radius 1 is 1.22 bits per heavy atom. The molecule has 1 aliphatic rings. The Balaban J connectivity index is 1.78. The molecule has 18 heavy (non-hydrogen) atoms. The number of imide groups is 1. The van der Waals surface area contributed by atoms with Gasteiger partial charge < -0.3 is 5.73 Å². The quantitative estimate of drug-likeness (QED) is 0.587. The highest BCUT2D eigenvalue weighted by Gasteiger charge is 2.21. The first-order chi connectivity index (χ1) is 8.63. The first-order valence-electron chi connectivity index (χ1n) is 6.03. The lowest BCUT2D eigenvalue weighted by Gasteiger charge is -2.24. The van der Waals surface area contributed by atoms with Crippen LogP contribution in [-0.4, -0.2) is 36.3 Å². The first kappa shape index (κ1) is 12.6. The molecule has 1 aromatic carbocycles. The average molecular weight is 247 g/mol. The number of nitrogens with one attached hydrogen (secondary N) is 1. The Morgan fingerprint density at radius 2 is 1.94 bits per heavy atom. The second-order valence-corrected chi connectivity index (χ2v) is 4.53. The minimum Gasteiger partial charge on any atom is -0.399 e. The number of anilines is 1.